The van der Waals surface area contributed by atoms with E-state index in [-0.39, 0.29) is 1.43 Å². The van der Waals surface area contributed by atoms with Gasteiger partial charge < -0.3 is 5.91 Å². The zero-order valence-corrected chi connectivity index (χ0v) is 15.1. The van der Waals surface area contributed by atoms with Crippen LogP contribution in [0.1, 0.15) is 98.2 Å². The molecule has 20 heavy (non-hydrogen) atoms. The van der Waals surface area contributed by atoms with Gasteiger partial charge in [-0.3, -0.25) is 0 Å². The molecule has 0 atom stereocenters. The number of rotatable bonds is 15. The molecule has 0 spiro atoms. The third kappa shape index (κ3) is 18.0. The van der Waals surface area contributed by atoms with E-state index < -0.39 is 0 Å². The summed E-state index contributed by atoms with van der Waals surface area (Å²) in [5.41, 5.74) is 0. The van der Waals surface area contributed by atoms with E-state index in [1.807, 2.05) is 0 Å². The zero-order valence-electron chi connectivity index (χ0n) is 16.1. The summed E-state index contributed by atoms with van der Waals surface area (Å²) in [5.74, 6) is 0. The summed E-state index contributed by atoms with van der Waals surface area (Å²) in [5, 5.41) is 0. The lowest BCUT2D eigenvalue weighted by atomic mass is 10.0. The first-order valence-electron chi connectivity index (χ1n) is 9.36. The van der Waals surface area contributed by atoms with Crippen molar-refractivity contribution in [2.24, 2.45) is 0 Å². The van der Waals surface area contributed by atoms with Crippen LogP contribution < -0.4 is 0 Å². The molecule has 0 N–H and O–H groups in total. The molecule has 0 amide bonds. The van der Waals surface area contributed by atoms with Crippen LogP contribution in [0.2, 0.25) is 0 Å². The molecule has 0 aliphatic rings. The molecule has 0 aromatic heterocycles. The standard InChI is InChI=1S/C19H42N.H/c1-5-6-7-8-9-10-11-12-13-14-15-16-17-18-19-20(2,3)4;/h5-19H2,1-4H3;/q+1;-1. The van der Waals surface area contributed by atoms with E-state index >= 15 is 0 Å². The minimum atomic E-state index is 0. The van der Waals surface area contributed by atoms with E-state index in [1.165, 1.54) is 96.4 Å². The van der Waals surface area contributed by atoms with Gasteiger partial charge in [-0.15, -0.1) is 0 Å². The van der Waals surface area contributed by atoms with Crippen molar-refractivity contribution in [2.75, 3.05) is 27.7 Å². The van der Waals surface area contributed by atoms with Crippen LogP contribution in [0, 0.1) is 0 Å². The Bertz CT molecular complexity index is 186. The molecule has 0 aliphatic heterocycles. The van der Waals surface area contributed by atoms with Crippen molar-refractivity contribution < 1.29 is 5.91 Å². The molecule has 0 aromatic carbocycles. The minimum Gasteiger partial charge on any atom is -1.00 e. The van der Waals surface area contributed by atoms with Gasteiger partial charge in [-0.25, -0.2) is 0 Å². The summed E-state index contributed by atoms with van der Waals surface area (Å²) in [6, 6.07) is 0. The Morgan fingerprint density at radius 1 is 0.500 bits per heavy atom. The molecule has 1 nitrogen and oxygen atoms in total. The van der Waals surface area contributed by atoms with Crippen molar-refractivity contribution in [1.82, 2.24) is 0 Å². The Hall–Kier alpha value is -0.0400. The fourth-order valence-corrected chi connectivity index (χ4v) is 2.78. The summed E-state index contributed by atoms with van der Waals surface area (Å²) in [4.78, 5) is 0. The quantitative estimate of drug-likeness (QED) is 0.245. The van der Waals surface area contributed by atoms with Crippen LogP contribution in [0.3, 0.4) is 0 Å². The second-order valence-corrected chi connectivity index (χ2v) is 7.61. The summed E-state index contributed by atoms with van der Waals surface area (Å²) in [6.07, 6.45) is 20.4. The van der Waals surface area contributed by atoms with E-state index in [0.29, 0.717) is 0 Å². The Kier molecular flexibility index (Phi) is 13.9. The van der Waals surface area contributed by atoms with Gasteiger partial charge in [0.25, 0.3) is 0 Å². The molecule has 0 bridgehead atoms. The van der Waals surface area contributed by atoms with Crippen molar-refractivity contribution in [3.05, 3.63) is 0 Å². The van der Waals surface area contributed by atoms with Crippen molar-refractivity contribution in [3.8, 4) is 0 Å². The van der Waals surface area contributed by atoms with E-state index in [2.05, 4.69) is 28.1 Å². The van der Waals surface area contributed by atoms with Gasteiger partial charge in [0.2, 0.25) is 0 Å². The second kappa shape index (κ2) is 13.9. The highest BCUT2D eigenvalue weighted by Crippen LogP contribution is 2.13. The maximum absolute atomic E-state index is 2.29. The first kappa shape index (κ1) is 20.0. The topological polar surface area (TPSA) is 0 Å². The summed E-state index contributed by atoms with van der Waals surface area (Å²) in [7, 11) is 6.88. The van der Waals surface area contributed by atoms with Crippen molar-refractivity contribution in [3.63, 3.8) is 0 Å². The average Bonchev–Trinajstić information content (AvgIpc) is 2.38. The van der Waals surface area contributed by atoms with Gasteiger partial charge in [0.1, 0.15) is 0 Å². The van der Waals surface area contributed by atoms with E-state index in [9.17, 15) is 0 Å². The normalized spacial score (nSPS) is 12.0. The Balaban J connectivity index is 0. The smallest absolute Gasteiger partial charge is 0.0780 e. The van der Waals surface area contributed by atoms with Crippen molar-refractivity contribution >= 4 is 0 Å². The number of nitrogens with zero attached hydrogens (tertiary/aromatic N) is 1. The Labute approximate surface area is 131 Å². The highest BCUT2D eigenvalue weighted by atomic mass is 15.3. The van der Waals surface area contributed by atoms with Crippen LogP contribution in [0.5, 0.6) is 0 Å². The van der Waals surface area contributed by atoms with E-state index in [0.717, 1.165) is 4.48 Å². The van der Waals surface area contributed by atoms with Crippen molar-refractivity contribution in [2.45, 2.75) is 96.8 Å². The molecule has 0 fully saturated rings. The minimum absolute atomic E-state index is 0. The van der Waals surface area contributed by atoms with E-state index in [4.69, 9.17) is 0 Å². The molecule has 0 heterocycles. The SMILES string of the molecule is CCCCCCCCCCCCCCCC[N+](C)(C)C.[H-]. The number of hydrogen-bond donors (Lipinski definition) is 0. The highest BCUT2D eigenvalue weighted by molar-refractivity contribution is 4.49. The van der Waals surface area contributed by atoms with E-state index in [1.54, 1.807) is 0 Å². The molecule has 0 radical (unpaired) electrons. The fourth-order valence-electron chi connectivity index (χ4n) is 2.78. The maximum atomic E-state index is 2.29. The van der Waals surface area contributed by atoms with Crippen LogP contribution >= 0.6 is 0 Å². The number of hydrogen-bond acceptors (Lipinski definition) is 0. The Morgan fingerprint density at radius 2 is 0.800 bits per heavy atom. The molecule has 0 rings (SSSR count). The third-order valence-corrected chi connectivity index (χ3v) is 4.18. The summed E-state index contributed by atoms with van der Waals surface area (Å²) < 4.78 is 1.12. The van der Waals surface area contributed by atoms with Crippen molar-refractivity contribution in [1.29, 1.82) is 0 Å². The van der Waals surface area contributed by atoms with Gasteiger partial charge in [-0.2, -0.15) is 0 Å². The fraction of sp³-hybridized carbons (Fsp3) is 1.00. The monoisotopic (exact) mass is 285 g/mol. The molecule has 0 aliphatic carbocycles. The van der Waals surface area contributed by atoms with Gasteiger partial charge in [0.05, 0.1) is 27.7 Å². The number of unbranched alkanes of at least 4 members (excludes halogenated alkanes) is 13. The summed E-state index contributed by atoms with van der Waals surface area (Å²) >= 11 is 0. The third-order valence-electron chi connectivity index (χ3n) is 4.18. The zero-order chi connectivity index (χ0) is 15.1. The molecule has 124 valence electrons. The predicted molar refractivity (Wildman–Crippen MR) is 94.3 cm³/mol. The first-order chi connectivity index (χ1) is 9.56. The lowest BCUT2D eigenvalue weighted by Crippen LogP contribution is -2.35. The molecule has 1 heteroatoms. The van der Waals surface area contributed by atoms with Gasteiger partial charge >= 0.3 is 0 Å². The molecular weight excluding hydrogens is 242 g/mol. The van der Waals surface area contributed by atoms with Crippen LogP contribution in [0.25, 0.3) is 0 Å². The molecule has 0 saturated carbocycles. The predicted octanol–water partition coefficient (Wildman–Crippen LogP) is 6.29. The molecule has 0 unspecified atom stereocenters. The maximum Gasteiger partial charge on any atom is 0.0780 e. The van der Waals surface area contributed by atoms with Crippen LogP contribution in [-0.4, -0.2) is 32.2 Å². The lowest BCUT2D eigenvalue weighted by Gasteiger charge is -2.23. The molecule has 0 saturated heterocycles. The first-order valence-corrected chi connectivity index (χ1v) is 9.36. The van der Waals surface area contributed by atoms with Gasteiger partial charge in [-0.1, -0.05) is 84.0 Å². The average molecular weight is 286 g/mol. The largest absolute Gasteiger partial charge is 1.00 e. The van der Waals surface area contributed by atoms with Crippen LogP contribution in [-0.2, 0) is 0 Å². The lowest BCUT2D eigenvalue weighted by molar-refractivity contribution is -0.870. The van der Waals surface area contributed by atoms with Gasteiger partial charge in [0.15, 0.2) is 0 Å². The molecular formula is C19H43N. The van der Waals surface area contributed by atoms with Gasteiger partial charge in [0, 0.05) is 0 Å². The number of quaternary nitrogens is 1. The molecule has 0 aromatic rings. The Morgan fingerprint density at radius 3 is 1.10 bits per heavy atom. The highest BCUT2D eigenvalue weighted by Gasteiger charge is 2.04. The van der Waals surface area contributed by atoms with Crippen LogP contribution in [0.4, 0.5) is 0 Å². The van der Waals surface area contributed by atoms with Crippen LogP contribution in [0.15, 0.2) is 0 Å². The summed E-state index contributed by atoms with van der Waals surface area (Å²) in [6.45, 7) is 3.63. The van der Waals surface area contributed by atoms with Gasteiger partial charge in [-0.05, 0) is 12.8 Å². The second-order valence-electron chi connectivity index (χ2n) is 7.61.